The van der Waals surface area contributed by atoms with Crippen molar-refractivity contribution in [2.24, 2.45) is 0 Å². The number of benzene rings is 1. The van der Waals surface area contributed by atoms with Crippen molar-refractivity contribution in [1.82, 2.24) is 4.90 Å². The Balaban J connectivity index is 1.77. The predicted molar refractivity (Wildman–Crippen MR) is 115 cm³/mol. The number of carbonyl (C=O) groups is 2. The van der Waals surface area contributed by atoms with Crippen molar-refractivity contribution < 1.29 is 19.1 Å². The summed E-state index contributed by atoms with van der Waals surface area (Å²) in [5.74, 6) is 0.253. The largest absolute Gasteiger partial charge is 0.460 e. The topological polar surface area (TPSA) is 67.9 Å². The summed E-state index contributed by atoms with van der Waals surface area (Å²) in [6.07, 6.45) is 1.98. The number of likely N-dealkylation sites (tertiary alicyclic amines) is 1. The first-order valence-corrected chi connectivity index (χ1v) is 10.5. The molecule has 1 aliphatic rings. The van der Waals surface area contributed by atoms with Crippen molar-refractivity contribution in [3.8, 4) is 0 Å². The summed E-state index contributed by atoms with van der Waals surface area (Å²) in [4.78, 5) is 25.8. The monoisotopic (exact) mass is 404 g/mol. The highest BCUT2D eigenvalue weighted by Crippen LogP contribution is 2.29. The number of amides is 1. The SMILES string of the molecule is CC(C)(C)OC(=O)CCNc1ccc(C2CCN(C(=O)OC(C)(C)C)CC2)cc1. The Bertz CT molecular complexity index is 678. The van der Waals surface area contributed by atoms with Crippen molar-refractivity contribution in [3.05, 3.63) is 29.8 Å². The first-order chi connectivity index (χ1) is 13.4. The van der Waals surface area contributed by atoms with Crippen LogP contribution in [0.15, 0.2) is 24.3 Å². The third-order valence-corrected chi connectivity index (χ3v) is 4.61. The quantitative estimate of drug-likeness (QED) is 0.704. The highest BCUT2D eigenvalue weighted by atomic mass is 16.6. The van der Waals surface area contributed by atoms with Gasteiger partial charge in [0.2, 0.25) is 0 Å². The van der Waals surface area contributed by atoms with Crippen LogP contribution in [0.5, 0.6) is 0 Å². The lowest BCUT2D eigenvalue weighted by Crippen LogP contribution is -2.41. The lowest BCUT2D eigenvalue weighted by molar-refractivity contribution is -0.154. The van der Waals surface area contributed by atoms with Crippen molar-refractivity contribution in [3.63, 3.8) is 0 Å². The Morgan fingerprint density at radius 3 is 2.03 bits per heavy atom. The zero-order chi connectivity index (χ0) is 21.7. The van der Waals surface area contributed by atoms with E-state index in [0.29, 0.717) is 18.9 Å². The molecule has 2 rings (SSSR count). The Hall–Kier alpha value is -2.24. The van der Waals surface area contributed by atoms with E-state index in [4.69, 9.17) is 9.47 Å². The Kier molecular flexibility index (Phi) is 7.55. The van der Waals surface area contributed by atoms with Gasteiger partial charge in [0.15, 0.2) is 0 Å². The van der Waals surface area contributed by atoms with Crippen LogP contribution in [0.1, 0.15) is 72.3 Å². The van der Waals surface area contributed by atoms with Gasteiger partial charge in [0.05, 0.1) is 6.42 Å². The van der Waals surface area contributed by atoms with Crippen molar-refractivity contribution in [1.29, 1.82) is 0 Å². The van der Waals surface area contributed by atoms with Crippen LogP contribution in [-0.4, -0.2) is 47.8 Å². The molecule has 1 aliphatic heterocycles. The molecule has 0 aliphatic carbocycles. The van der Waals surface area contributed by atoms with Gasteiger partial charge in [-0.1, -0.05) is 12.1 Å². The van der Waals surface area contributed by atoms with Crippen molar-refractivity contribution >= 4 is 17.7 Å². The van der Waals surface area contributed by atoms with E-state index in [-0.39, 0.29) is 12.1 Å². The molecule has 0 unspecified atom stereocenters. The number of rotatable bonds is 5. The molecule has 0 aromatic heterocycles. The molecular weight excluding hydrogens is 368 g/mol. The van der Waals surface area contributed by atoms with Crippen LogP contribution < -0.4 is 5.32 Å². The smallest absolute Gasteiger partial charge is 0.410 e. The molecule has 0 saturated carbocycles. The molecule has 1 N–H and O–H groups in total. The summed E-state index contributed by atoms with van der Waals surface area (Å²) in [6, 6.07) is 8.35. The average Bonchev–Trinajstić information content (AvgIpc) is 2.59. The van der Waals surface area contributed by atoms with Crippen LogP contribution in [0.3, 0.4) is 0 Å². The number of anilines is 1. The molecule has 29 heavy (non-hydrogen) atoms. The fourth-order valence-corrected chi connectivity index (χ4v) is 3.30. The molecule has 1 saturated heterocycles. The second-order valence-corrected chi connectivity index (χ2v) is 9.63. The van der Waals surface area contributed by atoms with E-state index in [1.807, 2.05) is 53.7 Å². The number of carbonyl (C=O) groups excluding carboxylic acids is 2. The summed E-state index contributed by atoms with van der Waals surface area (Å²) in [5.41, 5.74) is 1.37. The van der Waals surface area contributed by atoms with Crippen LogP contribution >= 0.6 is 0 Å². The number of hydrogen-bond acceptors (Lipinski definition) is 5. The molecule has 0 atom stereocenters. The van der Waals surface area contributed by atoms with E-state index < -0.39 is 11.2 Å². The van der Waals surface area contributed by atoms with Crippen molar-refractivity contribution in [2.75, 3.05) is 25.0 Å². The Morgan fingerprint density at radius 1 is 0.966 bits per heavy atom. The van der Waals surface area contributed by atoms with Crippen LogP contribution in [0, 0.1) is 0 Å². The zero-order valence-electron chi connectivity index (χ0n) is 18.7. The van der Waals surface area contributed by atoms with Gasteiger partial charge in [0.1, 0.15) is 11.2 Å². The molecular formula is C23H36N2O4. The fourth-order valence-electron chi connectivity index (χ4n) is 3.30. The normalized spacial score (nSPS) is 15.7. The average molecular weight is 405 g/mol. The summed E-state index contributed by atoms with van der Waals surface area (Å²) in [7, 11) is 0. The molecule has 1 heterocycles. The molecule has 6 nitrogen and oxygen atoms in total. The summed E-state index contributed by atoms with van der Waals surface area (Å²) in [6.45, 7) is 13.3. The number of esters is 1. The van der Waals surface area contributed by atoms with Gasteiger partial charge in [-0.15, -0.1) is 0 Å². The highest BCUT2D eigenvalue weighted by molar-refractivity contribution is 5.70. The van der Waals surface area contributed by atoms with Gasteiger partial charge in [-0.3, -0.25) is 4.79 Å². The molecule has 0 spiro atoms. The second-order valence-electron chi connectivity index (χ2n) is 9.63. The summed E-state index contributed by atoms with van der Waals surface area (Å²) < 4.78 is 10.8. The van der Waals surface area contributed by atoms with E-state index in [1.165, 1.54) is 5.56 Å². The molecule has 0 radical (unpaired) electrons. The second kappa shape index (κ2) is 9.51. The van der Waals surface area contributed by atoms with E-state index in [9.17, 15) is 9.59 Å². The van der Waals surface area contributed by atoms with Gasteiger partial charge >= 0.3 is 12.1 Å². The van der Waals surface area contributed by atoms with Gasteiger partial charge in [-0.05, 0) is 78.0 Å². The summed E-state index contributed by atoms with van der Waals surface area (Å²) >= 11 is 0. The predicted octanol–water partition coefficient (Wildman–Crippen LogP) is 4.94. The number of ether oxygens (including phenoxy) is 2. The third kappa shape index (κ3) is 8.34. The lowest BCUT2D eigenvalue weighted by atomic mass is 9.89. The lowest BCUT2D eigenvalue weighted by Gasteiger charge is -2.33. The molecule has 1 aromatic rings. The molecule has 6 heteroatoms. The summed E-state index contributed by atoms with van der Waals surface area (Å²) in [5, 5.41) is 3.26. The maximum absolute atomic E-state index is 12.2. The van der Waals surface area contributed by atoms with E-state index in [2.05, 4.69) is 17.4 Å². The Morgan fingerprint density at radius 2 is 1.52 bits per heavy atom. The van der Waals surface area contributed by atoms with Gasteiger partial charge in [-0.25, -0.2) is 4.79 Å². The number of piperidine rings is 1. The number of hydrogen-bond donors (Lipinski definition) is 1. The van der Waals surface area contributed by atoms with E-state index >= 15 is 0 Å². The van der Waals surface area contributed by atoms with Gasteiger partial charge < -0.3 is 19.7 Å². The molecule has 1 amide bonds. The Labute approximate surface area is 174 Å². The first kappa shape index (κ1) is 23.0. The zero-order valence-corrected chi connectivity index (χ0v) is 18.7. The number of nitrogens with zero attached hydrogens (tertiary/aromatic N) is 1. The first-order valence-electron chi connectivity index (χ1n) is 10.5. The molecule has 162 valence electrons. The van der Waals surface area contributed by atoms with Crippen LogP contribution in [0.2, 0.25) is 0 Å². The van der Waals surface area contributed by atoms with Crippen LogP contribution in [0.4, 0.5) is 10.5 Å². The molecule has 1 aromatic carbocycles. The van der Waals surface area contributed by atoms with Crippen LogP contribution in [0.25, 0.3) is 0 Å². The highest BCUT2D eigenvalue weighted by Gasteiger charge is 2.27. The minimum atomic E-state index is -0.458. The van der Waals surface area contributed by atoms with Gasteiger partial charge in [0, 0.05) is 25.3 Å². The standard InChI is InChI=1S/C23H36N2O4/c1-22(2,3)28-20(26)11-14-24-19-9-7-17(8-10-19)18-12-15-25(16-13-18)21(27)29-23(4,5)6/h7-10,18,24H,11-16H2,1-6H3. The van der Waals surface area contributed by atoms with Gasteiger partial charge in [0.25, 0.3) is 0 Å². The molecule has 0 bridgehead atoms. The minimum absolute atomic E-state index is 0.196. The maximum Gasteiger partial charge on any atom is 0.410 e. The van der Waals surface area contributed by atoms with Crippen molar-refractivity contribution in [2.45, 2.75) is 77.9 Å². The fraction of sp³-hybridized carbons (Fsp3) is 0.652. The third-order valence-electron chi connectivity index (χ3n) is 4.61. The van der Waals surface area contributed by atoms with Crippen LogP contribution in [-0.2, 0) is 14.3 Å². The van der Waals surface area contributed by atoms with E-state index in [1.54, 1.807) is 4.90 Å². The number of nitrogens with one attached hydrogen (secondary N) is 1. The van der Waals surface area contributed by atoms with Gasteiger partial charge in [-0.2, -0.15) is 0 Å². The molecule has 1 fully saturated rings. The maximum atomic E-state index is 12.2. The van der Waals surface area contributed by atoms with E-state index in [0.717, 1.165) is 31.6 Å². The minimum Gasteiger partial charge on any atom is -0.460 e.